The quantitative estimate of drug-likeness (QED) is 0.877. The van der Waals surface area contributed by atoms with E-state index < -0.39 is 5.97 Å². The highest BCUT2D eigenvalue weighted by Crippen LogP contribution is 2.64. The summed E-state index contributed by atoms with van der Waals surface area (Å²) in [4.78, 5) is 15.5. The average Bonchev–Trinajstić information content (AvgIpc) is 2.57. The van der Waals surface area contributed by atoms with Gasteiger partial charge in [-0.2, -0.15) is 0 Å². The maximum absolute atomic E-state index is 11.0. The van der Waals surface area contributed by atoms with Gasteiger partial charge in [-0.1, -0.05) is 13.8 Å². The van der Waals surface area contributed by atoms with Gasteiger partial charge >= 0.3 is 5.97 Å². The summed E-state index contributed by atoms with van der Waals surface area (Å²) < 4.78 is 5.00. The lowest BCUT2D eigenvalue weighted by atomic mass is 10.1. The number of carboxylic acid groups (broad SMARTS) is 1. The van der Waals surface area contributed by atoms with Crippen LogP contribution < -0.4 is 0 Å². The lowest BCUT2D eigenvalue weighted by Gasteiger charge is -1.98. The number of aliphatic carboxylic acids is 1. The van der Waals surface area contributed by atoms with E-state index in [4.69, 9.17) is 9.84 Å². The molecule has 0 aromatic carbocycles. The molecule has 16 heavy (non-hydrogen) atoms. The van der Waals surface area contributed by atoms with Crippen LogP contribution in [0.15, 0.2) is 5.38 Å². The third-order valence-corrected chi connectivity index (χ3v) is 4.09. The van der Waals surface area contributed by atoms with Crippen molar-refractivity contribution in [1.82, 2.24) is 4.98 Å². The van der Waals surface area contributed by atoms with E-state index in [0.717, 1.165) is 10.7 Å². The van der Waals surface area contributed by atoms with E-state index in [0.29, 0.717) is 6.61 Å². The van der Waals surface area contributed by atoms with Gasteiger partial charge in [-0.3, -0.25) is 4.79 Å². The van der Waals surface area contributed by atoms with Crippen molar-refractivity contribution in [3.63, 3.8) is 0 Å². The van der Waals surface area contributed by atoms with Gasteiger partial charge in [0.15, 0.2) is 0 Å². The number of aromatic nitrogens is 1. The van der Waals surface area contributed by atoms with E-state index in [1.807, 2.05) is 19.2 Å². The zero-order valence-electron chi connectivity index (χ0n) is 9.56. The Morgan fingerprint density at radius 2 is 2.38 bits per heavy atom. The Bertz CT molecular complexity index is 413. The van der Waals surface area contributed by atoms with Crippen molar-refractivity contribution in [3.8, 4) is 0 Å². The summed E-state index contributed by atoms with van der Waals surface area (Å²) in [5.74, 6) is -0.979. The summed E-state index contributed by atoms with van der Waals surface area (Å²) in [5, 5.41) is 11.9. The van der Waals surface area contributed by atoms with E-state index in [2.05, 4.69) is 4.98 Å². The fourth-order valence-electron chi connectivity index (χ4n) is 2.31. The SMILES string of the molecule is COCc1nc(C2C(C(=O)O)C2(C)C)cs1. The summed E-state index contributed by atoms with van der Waals surface area (Å²) in [5.41, 5.74) is 0.721. The topological polar surface area (TPSA) is 59.4 Å². The van der Waals surface area contributed by atoms with Crippen molar-refractivity contribution in [2.24, 2.45) is 11.3 Å². The van der Waals surface area contributed by atoms with Crippen LogP contribution in [0.3, 0.4) is 0 Å². The lowest BCUT2D eigenvalue weighted by molar-refractivity contribution is -0.139. The molecule has 88 valence electrons. The minimum absolute atomic E-state index is 0.0480. The molecule has 2 unspecified atom stereocenters. The second kappa shape index (κ2) is 3.82. The fourth-order valence-corrected chi connectivity index (χ4v) is 3.11. The maximum Gasteiger partial charge on any atom is 0.307 e. The van der Waals surface area contributed by atoms with Gasteiger partial charge in [-0.15, -0.1) is 11.3 Å². The Labute approximate surface area is 98.3 Å². The van der Waals surface area contributed by atoms with Gasteiger partial charge in [0.2, 0.25) is 0 Å². The van der Waals surface area contributed by atoms with E-state index in [9.17, 15) is 4.79 Å². The third kappa shape index (κ3) is 1.74. The number of thiazole rings is 1. The van der Waals surface area contributed by atoms with Crippen LogP contribution >= 0.6 is 11.3 Å². The largest absolute Gasteiger partial charge is 0.481 e. The first-order valence-electron chi connectivity index (χ1n) is 5.14. The van der Waals surface area contributed by atoms with E-state index in [1.54, 1.807) is 7.11 Å². The van der Waals surface area contributed by atoms with Crippen LogP contribution in [0, 0.1) is 11.3 Å². The molecule has 0 saturated heterocycles. The van der Waals surface area contributed by atoms with E-state index in [1.165, 1.54) is 11.3 Å². The molecule has 0 spiro atoms. The molecular formula is C11H15NO3S. The van der Waals surface area contributed by atoms with Crippen LogP contribution in [0.4, 0.5) is 0 Å². The molecule has 0 radical (unpaired) electrons. The number of hydrogen-bond donors (Lipinski definition) is 1. The number of ether oxygens (including phenoxy) is 1. The summed E-state index contributed by atoms with van der Waals surface area (Å²) in [7, 11) is 1.63. The molecule has 5 heteroatoms. The Kier molecular flexibility index (Phi) is 2.75. The van der Waals surface area contributed by atoms with Crippen LogP contribution in [0.2, 0.25) is 0 Å². The van der Waals surface area contributed by atoms with Gasteiger partial charge in [-0.25, -0.2) is 4.98 Å². The lowest BCUT2D eigenvalue weighted by Crippen LogP contribution is -2.03. The van der Waals surface area contributed by atoms with Crippen LogP contribution in [-0.2, 0) is 16.1 Å². The maximum atomic E-state index is 11.0. The predicted octanol–water partition coefficient (Wildman–Crippen LogP) is 2.11. The standard InChI is InChI=1S/C11H15NO3S/c1-11(2)8(9(11)10(13)14)6-5-16-7(12-6)4-15-3/h5,8-9H,4H2,1-3H3,(H,13,14). The highest BCUT2D eigenvalue weighted by molar-refractivity contribution is 7.09. The van der Waals surface area contributed by atoms with Crippen molar-refractivity contribution in [2.45, 2.75) is 26.4 Å². The molecule has 1 aliphatic rings. The highest BCUT2D eigenvalue weighted by atomic mass is 32.1. The first-order chi connectivity index (χ1) is 7.48. The number of hydrogen-bond acceptors (Lipinski definition) is 4. The van der Waals surface area contributed by atoms with Gasteiger partial charge < -0.3 is 9.84 Å². The number of carboxylic acids is 1. The second-order valence-electron chi connectivity index (χ2n) is 4.71. The zero-order chi connectivity index (χ0) is 11.9. The van der Waals surface area contributed by atoms with Crippen molar-refractivity contribution < 1.29 is 14.6 Å². The van der Waals surface area contributed by atoms with Gasteiger partial charge in [0.05, 0.1) is 18.2 Å². The molecule has 1 fully saturated rings. The first kappa shape index (κ1) is 11.5. The molecule has 0 amide bonds. The molecule has 1 aromatic heterocycles. The molecule has 0 aliphatic heterocycles. The average molecular weight is 241 g/mol. The summed E-state index contributed by atoms with van der Waals surface area (Å²) in [6.45, 7) is 4.45. The van der Waals surface area contributed by atoms with E-state index >= 15 is 0 Å². The monoisotopic (exact) mass is 241 g/mol. The van der Waals surface area contributed by atoms with Gasteiger partial charge in [-0.05, 0) is 5.41 Å². The van der Waals surface area contributed by atoms with Crippen LogP contribution in [0.5, 0.6) is 0 Å². The molecule has 1 saturated carbocycles. The zero-order valence-corrected chi connectivity index (χ0v) is 10.4. The molecule has 2 rings (SSSR count). The Balaban J connectivity index is 2.17. The smallest absolute Gasteiger partial charge is 0.307 e. The molecule has 4 nitrogen and oxygen atoms in total. The highest BCUT2D eigenvalue weighted by Gasteiger charge is 2.63. The van der Waals surface area contributed by atoms with Crippen molar-refractivity contribution in [2.75, 3.05) is 7.11 Å². The van der Waals surface area contributed by atoms with Gasteiger partial charge in [0, 0.05) is 18.4 Å². The first-order valence-corrected chi connectivity index (χ1v) is 6.02. The summed E-state index contributed by atoms with van der Waals surface area (Å²) in [6.07, 6.45) is 0. The normalized spacial score (nSPS) is 26.7. The fraction of sp³-hybridized carbons (Fsp3) is 0.636. The Morgan fingerprint density at radius 3 is 2.88 bits per heavy atom. The van der Waals surface area contributed by atoms with Gasteiger partial charge in [0.1, 0.15) is 5.01 Å². The molecule has 2 atom stereocenters. The minimum Gasteiger partial charge on any atom is -0.481 e. The summed E-state index contributed by atoms with van der Waals surface area (Å²) in [6, 6.07) is 0. The second-order valence-corrected chi connectivity index (χ2v) is 5.66. The molecule has 1 aromatic rings. The molecular weight excluding hydrogens is 226 g/mol. The Morgan fingerprint density at radius 1 is 1.69 bits per heavy atom. The Hall–Kier alpha value is -0.940. The number of carbonyl (C=O) groups is 1. The molecule has 0 bridgehead atoms. The minimum atomic E-state index is -0.726. The van der Waals surface area contributed by atoms with Gasteiger partial charge in [0.25, 0.3) is 0 Å². The number of nitrogens with zero attached hydrogens (tertiary/aromatic N) is 1. The molecule has 1 N–H and O–H groups in total. The summed E-state index contributed by atoms with van der Waals surface area (Å²) >= 11 is 1.53. The molecule has 1 heterocycles. The van der Waals surface area contributed by atoms with Crippen LogP contribution in [0.25, 0.3) is 0 Å². The third-order valence-electron chi connectivity index (χ3n) is 3.25. The van der Waals surface area contributed by atoms with Crippen molar-refractivity contribution in [3.05, 3.63) is 16.1 Å². The van der Waals surface area contributed by atoms with Crippen molar-refractivity contribution >= 4 is 17.3 Å². The predicted molar refractivity (Wildman–Crippen MR) is 60.5 cm³/mol. The number of rotatable bonds is 4. The van der Waals surface area contributed by atoms with E-state index in [-0.39, 0.29) is 17.3 Å². The van der Waals surface area contributed by atoms with Crippen LogP contribution in [-0.4, -0.2) is 23.2 Å². The van der Waals surface area contributed by atoms with Crippen LogP contribution in [0.1, 0.15) is 30.5 Å². The van der Waals surface area contributed by atoms with Crippen molar-refractivity contribution in [1.29, 1.82) is 0 Å². The number of methoxy groups -OCH3 is 1. The molecule has 1 aliphatic carbocycles.